The van der Waals surface area contributed by atoms with Crippen LogP contribution in [0.5, 0.6) is 0 Å². The molecular formula is C14H21AlN2O2. The summed E-state index contributed by atoms with van der Waals surface area (Å²) in [5.74, 6) is -0.808. The summed E-state index contributed by atoms with van der Waals surface area (Å²) in [6, 6.07) is 7.93. The predicted octanol–water partition coefficient (Wildman–Crippen LogP) is 0.931. The Labute approximate surface area is 123 Å². The largest absolute Gasteiger partial charge is 0.480 e. The number of fused-ring (bicyclic) bond motifs is 1. The molecule has 0 amide bonds. The van der Waals surface area contributed by atoms with Crippen molar-refractivity contribution in [3.8, 4) is 0 Å². The summed E-state index contributed by atoms with van der Waals surface area (Å²) in [7, 11) is 3.59. The van der Waals surface area contributed by atoms with E-state index in [0.717, 1.165) is 16.5 Å². The number of aromatic nitrogens is 1. The number of nitrogens with one attached hydrogen (secondary N) is 1. The third-order valence-corrected chi connectivity index (χ3v) is 3.66. The van der Waals surface area contributed by atoms with Crippen LogP contribution in [0.1, 0.15) is 12.5 Å². The molecule has 0 saturated carbocycles. The Morgan fingerprint density at radius 1 is 1.37 bits per heavy atom. The lowest BCUT2D eigenvalue weighted by atomic mass is 9.91. The molecule has 2 rings (SSSR count). The van der Waals surface area contributed by atoms with Crippen LogP contribution in [0.3, 0.4) is 0 Å². The Bertz CT molecular complexity index is 580. The highest BCUT2D eigenvalue weighted by molar-refractivity contribution is 5.85. The van der Waals surface area contributed by atoms with Gasteiger partial charge in [0.15, 0.2) is 17.4 Å². The number of hydrogen-bond acceptors (Lipinski definition) is 2. The molecule has 0 radical (unpaired) electrons. The van der Waals surface area contributed by atoms with Gasteiger partial charge in [-0.25, -0.2) is 0 Å². The molecule has 102 valence electrons. The summed E-state index contributed by atoms with van der Waals surface area (Å²) in [6.07, 6.45) is 2.37. The first-order valence-electron chi connectivity index (χ1n) is 5.91. The topological polar surface area (TPSA) is 56.3 Å². The molecule has 0 spiro atoms. The molecule has 19 heavy (non-hydrogen) atoms. The second-order valence-corrected chi connectivity index (χ2v) is 5.01. The van der Waals surface area contributed by atoms with Crippen molar-refractivity contribution in [1.29, 1.82) is 0 Å². The van der Waals surface area contributed by atoms with E-state index < -0.39 is 11.5 Å². The Morgan fingerprint density at radius 3 is 2.58 bits per heavy atom. The van der Waals surface area contributed by atoms with Gasteiger partial charge in [-0.05, 0) is 32.6 Å². The summed E-state index contributed by atoms with van der Waals surface area (Å²) in [5.41, 5.74) is 1.17. The Morgan fingerprint density at radius 2 is 2.00 bits per heavy atom. The van der Waals surface area contributed by atoms with Crippen molar-refractivity contribution in [2.24, 2.45) is 0 Å². The fraction of sp³-hybridized carbons (Fsp3) is 0.357. The fourth-order valence-corrected chi connectivity index (χ4v) is 2.07. The normalized spacial score (nSPS) is 14.1. The molecule has 5 heteroatoms. The zero-order chi connectivity index (χ0) is 13.3. The number of likely N-dealkylation sites (N-methyl/N-ethyl adjacent to an activating group) is 1. The van der Waals surface area contributed by atoms with Gasteiger partial charge in [-0.3, -0.25) is 9.69 Å². The molecule has 0 bridgehead atoms. The number of carboxylic acid groups (broad SMARTS) is 1. The number of aliphatic carboxylic acids is 1. The first kappa shape index (κ1) is 15.8. The highest BCUT2D eigenvalue weighted by atomic mass is 27.0. The molecule has 0 fully saturated rings. The highest BCUT2D eigenvalue weighted by Crippen LogP contribution is 2.25. The van der Waals surface area contributed by atoms with Crippen molar-refractivity contribution in [2.45, 2.75) is 18.9 Å². The highest BCUT2D eigenvalue weighted by Gasteiger charge is 2.36. The lowest BCUT2D eigenvalue weighted by Gasteiger charge is -2.31. The molecule has 2 N–H and O–H groups in total. The van der Waals surface area contributed by atoms with Gasteiger partial charge in [0.2, 0.25) is 0 Å². The fourth-order valence-electron chi connectivity index (χ4n) is 2.07. The zero-order valence-electron chi connectivity index (χ0n) is 10.9. The quantitative estimate of drug-likeness (QED) is 0.817. The number of benzene rings is 1. The number of carbonyl (C=O) groups is 1. The molecule has 1 heterocycles. The van der Waals surface area contributed by atoms with Gasteiger partial charge >= 0.3 is 5.97 Å². The van der Waals surface area contributed by atoms with E-state index in [-0.39, 0.29) is 17.4 Å². The van der Waals surface area contributed by atoms with Crippen molar-refractivity contribution < 1.29 is 9.90 Å². The van der Waals surface area contributed by atoms with Crippen LogP contribution in [0, 0.1) is 0 Å². The molecule has 1 atom stereocenters. The van der Waals surface area contributed by atoms with Gasteiger partial charge in [-0.2, -0.15) is 0 Å². The second kappa shape index (κ2) is 5.79. The van der Waals surface area contributed by atoms with Gasteiger partial charge < -0.3 is 10.1 Å². The average molecular weight is 276 g/mol. The van der Waals surface area contributed by atoms with Gasteiger partial charge in [0.05, 0.1) is 0 Å². The van der Waals surface area contributed by atoms with E-state index >= 15 is 0 Å². The average Bonchev–Trinajstić information content (AvgIpc) is 2.72. The van der Waals surface area contributed by atoms with Crippen molar-refractivity contribution in [2.75, 3.05) is 14.1 Å². The van der Waals surface area contributed by atoms with E-state index in [1.165, 1.54) is 0 Å². The van der Waals surface area contributed by atoms with Crippen LogP contribution in [-0.4, -0.2) is 58.0 Å². The van der Waals surface area contributed by atoms with Crippen LogP contribution in [0.25, 0.3) is 10.9 Å². The number of hydrogen-bond donors (Lipinski definition) is 2. The third-order valence-electron chi connectivity index (χ3n) is 3.66. The number of para-hydroxylation sites is 1. The van der Waals surface area contributed by atoms with Crippen LogP contribution < -0.4 is 0 Å². The number of H-pyrrole nitrogens is 1. The minimum atomic E-state index is -0.898. The maximum Gasteiger partial charge on any atom is 0.324 e. The van der Waals surface area contributed by atoms with Crippen LogP contribution in [-0.2, 0) is 11.2 Å². The number of carboxylic acids is 1. The minimum Gasteiger partial charge on any atom is -0.480 e. The summed E-state index contributed by atoms with van der Waals surface area (Å²) in [4.78, 5) is 16.4. The first-order chi connectivity index (χ1) is 8.45. The van der Waals surface area contributed by atoms with E-state index in [0.29, 0.717) is 6.42 Å². The molecule has 0 aliphatic carbocycles. The molecule has 0 aliphatic heterocycles. The summed E-state index contributed by atoms with van der Waals surface area (Å²) in [6.45, 7) is 1.75. The van der Waals surface area contributed by atoms with Crippen molar-refractivity contribution >= 4 is 34.2 Å². The number of rotatable bonds is 4. The van der Waals surface area contributed by atoms with Crippen molar-refractivity contribution in [1.82, 2.24) is 9.88 Å². The Kier molecular flexibility index (Phi) is 4.81. The van der Waals surface area contributed by atoms with Crippen LogP contribution in [0.4, 0.5) is 0 Å². The smallest absolute Gasteiger partial charge is 0.324 e. The lowest BCUT2D eigenvalue weighted by molar-refractivity contribution is -0.148. The van der Waals surface area contributed by atoms with E-state index in [4.69, 9.17) is 0 Å². The Hall–Kier alpha value is -1.28. The maximum atomic E-state index is 11.5. The summed E-state index contributed by atoms with van der Waals surface area (Å²) in [5, 5.41) is 10.5. The van der Waals surface area contributed by atoms with Crippen LogP contribution in [0.15, 0.2) is 30.5 Å². The molecular weight excluding hydrogens is 255 g/mol. The predicted molar refractivity (Wildman–Crippen MR) is 81.7 cm³/mol. The van der Waals surface area contributed by atoms with Crippen LogP contribution in [0.2, 0.25) is 0 Å². The van der Waals surface area contributed by atoms with E-state index in [1.807, 2.05) is 30.5 Å². The summed E-state index contributed by atoms with van der Waals surface area (Å²) >= 11 is 0. The molecule has 1 unspecified atom stereocenters. The van der Waals surface area contributed by atoms with E-state index in [1.54, 1.807) is 25.9 Å². The van der Waals surface area contributed by atoms with Gasteiger partial charge in [-0.15, -0.1) is 0 Å². The standard InChI is InChI=1S/C14H18N2O2.Al.3H/c1-14(13(17)18,16(2)3)8-10-9-15-12-7-5-4-6-11(10)12;;;;/h4-7,9,15H,8H2,1-3H3,(H,17,18);;;;. The summed E-state index contributed by atoms with van der Waals surface area (Å²) < 4.78 is 0. The first-order valence-corrected chi connectivity index (χ1v) is 5.91. The van der Waals surface area contributed by atoms with Gasteiger partial charge in [-0.1, -0.05) is 18.2 Å². The van der Waals surface area contributed by atoms with Crippen molar-refractivity contribution in [3.05, 3.63) is 36.0 Å². The van der Waals surface area contributed by atoms with Crippen LogP contribution >= 0.6 is 0 Å². The van der Waals surface area contributed by atoms with Gasteiger partial charge in [0.25, 0.3) is 0 Å². The van der Waals surface area contributed by atoms with Gasteiger partial charge in [0, 0.05) is 23.5 Å². The zero-order valence-corrected chi connectivity index (χ0v) is 10.9. The number of nitrogens with zero attached hydrogens (tertiary/aromatic N) is 1. The molecule has 2 aromatic rings. The van der Waals surface area contributed by atoms with Crippen molar-refractivity contribution in [3.63, 3.8) is 0 Å². The molecule has 0 saturated heterocycles. The molecule has 1 aromatic heterocycles. The second-order valence-electron chi connectivity index (χ2n) is 5.01. The van der Waals surface area contributed by atoms with E-state index in [2.05, 4.69) is 4.98 Å². The van der Waals surface area contributed by atoms with Gasteiger partial charge in [0.1, 0.15) is 5.54 Å². The minimum absolute atomic E-state index is 0. The molecule has 1 aromatic carbocycles. The monoisotopic (exact) mass is 276 g/mol. The third kappa shape index (κ3) is 2.84. The number of aromatic amines is 1. The molecule has 0 aliphatic rings. The SMILES string of the molecule is CN(C)C(C)(Cc1c[nH]c2ccccc12)C(=O)O.[AlH3]. The van der Waals surface area contributed by atoms with E-state index in [9.17, 15) is 9.90 Å². The maximum absolute atomic E-state index is 11.5. The lowest BCUT2D eigenvalue weighted by Crippen LogP contribution is -2.50. The Balaban J connectivity index is 0.00000180. The molecule has 4 nitrogen and oxygen atoms in total.